The van der Waals surface area contributed by atoms with Gasteiger partial charge in [-0.15, -0.1) is 0 Å². The fourth-order valence-corrected chi connectivity index (χ4v) is 3.96. The van der Waals surface area contributed by atoms with E-state index in [2.05, 4.69) is 54.4 Å². The number of carbonyl (C=O) groups is 1. The number of nitrogens with one attached hydrogen (secondary N) is 1. The third-order valence-corrected chi connectivity index (χ3v) is 5.56. The number of hydrogen-bond acceptors (Lipinski definition) is 4. The average molecular weight is 392 g/mol. The molecule has 2 aromatic rings. The predicted molar refractivity (Wildman–Crippen MR) is 123 cm³/mol. The Morgan fingerprint density at radius 3 is 2.41 bits per heavy atom. The van der Waals surface area contributed by atoms with Crippen molar-refractivity contribution < 1.29 is 4.79 Å². The van der Waals surface area contributed by atoms with E-state index in [1.54, 1.807) is 0 Å². The SMILES string of the molecule is CCCC(=O)c1cc(C)cc(N=C(C)c2ccc(N3CCNCC3)cc2)c1CC. The summed E-state index contributed by atoms with van der Waals surface area (Å²) in [6, 6.07) is 12.8. The van der Waals surface area contributed by atoms with Crippen molar-refractivity contribution in [1.82, 2.24) is 5.32 Å². The Morgan fingerprint density at radius 2 is 1.79 bits per heavy atom. The van der Waals surface area contributed by atoms with E-state index in [4.69, 9.17) is 4.99 Å². The molecule has 1 saturated heterocycles. The summed E-state index contributed by atoms with van der Waals surface area (Å²) in [4.78, 5) is 20.0. The van der Waals surface area contributed by atoms with E-state index in [1.165, 1.54) is 5.69 Å². The van der Waals surface area contributed by atoms with Crippen LogP contribution < -0.4 is 10.2 Å². The summed E-state index contributed by atoms with van der Waals surface area (Å²) in [5.74, 6) is 0.225. The molecule has 0 radical (unpaired) electrons. The van der Waals surface area contributed by atoms with Crippen molar-refractivity contribution in [1.29, 1.82) is 0 Å². The molecule has 154 valence electrons. The van der Waals surface area contributed by atoms with Gasteiger partial charge in [0, 0.05) is 49.6 Å². The minimum absolute atomic E-state index is 0.225. The molecule has 0 atom stereocenters. The molecule has 0 unspecified atom stereocenters. The number of anilines is 1. The van der Waals surface area contributed by atoms with E-state index in [0.29, 0.717) is 6.42 Å². The number of rotatable bonds is 7. The monoisotopic (exact) mass is 391 g/mol. The number of benzene rings is 2. The van der Waals surface area contributed by atoms with E-state index in [0.717, 1.165) is 72.7 Å². The molecule has 0 bridgehead atoms. The first-order valence-corrected chi connectivity index (χ1v) is 10.8. The van der Waals surface area contributed by atoms with Crippen molar-refractivity contribution in [3.05, 3.63) is 58.7 Å². The van der Waals surface area contributed by atoms with Gasteiger partial charge in [0.1, 0.15) is 0 Å². The molecule has 29 heavy (non-hydrogen) atoms. The number of ketones is 1. The number of nitrogens with zero attached hydrogens (tertiary/aromatic N) is 2. The Labute approximate surface area is 175 Å². The zero-order valence-corrected chi connectivity index (χ0v) is 18.2. The molecule has 0 amide bonds. The first kappa shape index (κ1) is 21.3. The molecular weight excluding hydrogens is 358 g/mol. The maximum Gasteiger partial charge on any atom is 0.163 e. The number of carbonyl (C=O) groups excluding carboxylic acids is 1. The van der Waals surface area contributed by atoms with Crippen LogP contribution >= 0.6 is 0 Å². The lowest BCUT2D eigenvalue weighted by molar-refractivity contribution is 0.0981. The number of aryl methyl sites for hydroxylation is 1. The fourth-order valence-electron chi connectivity index (χ4n) is 3.96. The minimum Gasteiger partial charge on any atom is -0.369 e. The van der Waals surface area contributed by atoms with Crippen LogP contribution in [0.15, 0.2) is 41.4 Å². The highest BCUT2D eigenvalue weighted by Crippen LogP contribution is 2.28. The van der Waals surface area contributed by atoms with Gasteiger partial charge in [-0.2, -0.15) is 0 Å². The van der Waals surface area contributed by atoms with Crippen LogP contribution in [0.2, 0.25) is 0 Å². The maximum absolute atomic E-state index is 12.6. The normalized spacial score (nSPS) is 14.9. The Balaban J connectivity index is 1.89. The maximum atomic E-state index is 12.6. The smallest absolute Gasteiger partial charge is 0.163 e. The fraction of sp³-hybridized carbons (Fsp3) is 0.440. The van der Waals surface area contributed by atoms with Gasteiger partial charge in [0.25, 0.3) is 0 Å². The quantitative estimate of drug-likeness (QED) is 0.528. The predicted octanol–water partition coefficient (Wildman–Crippen LogP) is 5.09. The van der Waals surface area contributed by atoms with Crippen molar-refractivity contribution >= 4 is 22.9 Å². The van der Waals surface area contributed by atoms with Gasteiger partial charge in [-0.25, -0.2) is 0 Å². The molecule has 1 fully saturated rings. The molecule has 4 heteroatoms. The zero-order valence-electron chi connectivity index (χ0n) is 18.2. The molecule has 0 spiro atoms. The van der Waals surface area contributed by atoms with Crippen LogP contribution in [0.25, 0.3) is 0 Å². The molecule has 0 aromatic heterocycles. The summed E-state index contributed by atoms with van der Waals surface area (Å²) >= 11 is 0. The van der Waals surface area contributed by atoms with Gasteiger partial charge >= 0.3 is 0 Å². The van der Waals surface area contributed by atoms with E-state index in [9.17, 15) is 4.79 Å². The standard InChI is InChI=1S/C25H33N3O/c1-5-7-25(29)23-16-18(3)17-24(22(23)6-2)27-19(4)20-8-10-21(11-9-20)28-14-12-26-13-15-28/h8-11,16-17,26H,5-7,12-15H2,1-4H3. The van der Waals surface area contributed by atoms with Crippen LogP contribution in [0.3, 0.4) is 0 Å². The minimum atomic E-state index is 0.225. The molecule has 0 saturated carbocycles. The first-order chi connectivity index (χ1) is 14.0. The Kier molecular flexibility index (Phi) is 7.21. The van der Waals surface area contributed by atoms with E-state index >= 15 is 0 Å². The van der Waals surface area contributed by atoms with Gasteiger partial charge in [0.15, 0.2) is 5.78 Å². The summed E-state index contributed by atoms with van der Waals surface area (Å²) in [6.45, 7) is 12.4. The number of aliphatic imine (C=N–C) groups is 1. The number of hydrogen-bond donors (Lipinski definition) is 1. The van der Waals surface area contributed by atoms with Gasteiger partial charge in [0.2, 0.25) is 0 Å². The Morgan fingerprint density at radius 1 is 1.10 bits per heavy atom. The largest absolute Gasteiger partial charge is 0.369 e. The van der Waals surface area contributed by atoms with Crippen molar-refractivity contribution in [2.24, 2.45) is 4.99 Å². The highest BCUT2D eigenvalue weighted by molar-refractivity contribution is 6.02. The van der Waals surface area contributed by atoms with E-state index in [-0.39, 0.29) is 5.78 Å². The van der Waals surface area contributed by atoms with E-state index < -0.39 is 0 Å². The van der Waals surface area contributed by atoms with Crippen LogP contribution in [0.5, 0.6) is 0 Å². The summed E-state index contributed by atoms with van der Waals surface area (Å²) < 4.78 is 0. The second-order valence-electron chi connectivity index (χ2n) is 7.82. The number of piperazine rings is 1. The lowest BCUT2D eigenvalue weighted by Gasteiger charge is -2.29. The molecule has 1 N–H and O–H groups in total. The first-order valence-electron chi connectivity index (χ1n) is 10.8. The van der Waals surface area contributed by atoms with Gasteiger partial charge in [0.05, 0.1) is 5.69 Å². The topological polar surface area (TPSA) is 44.7 Å². The van der Waals surface area contributed by atoms with Crippen molar-refractivity contribution in [3.8, 4) is 0 Å². The Bertz CT molecular complexity index is 878. The molecular formula is C25H33N3O. The zero-order chi connectivity index (χ0) is 20.8. The number of Topliss-reactive ketones (excluding diaryl/α,β-unsaturated/α-hetero) is 1. The van der Waals surface area contributed by atoms with Crippen LogP contribution in [0, 0.1) is 6.92 Å². The summed E-state index contributed by atoms with van der Waals surface area (Å²) in [6.07, 6.45) is 2.26. The van der Waals surface area contributed by atoms with Crippen LogP contribution in [0.4, 0.5) is 11.4 Å². The van der Waals surface area contributed by atoms with Crippen LogP contribution in [0.1, 0.15) is 60.7 Å². The average Bonchev–Trinajstić information content (AvgIpc) is 2.74. The third kappa shape index (κ3) is 5.13. The lowest BCUT2D eigenvalue weighted by Crippen LogP contribution is -2.43. The van der Waals surface area contributed by atoms with Crippen molar-refractivity contribution in [2.75, 3.05) is 31.1 Å². The lowest BCUT2D eigenvalue weighted by atomic mass is 9.95. The molecule has 2 aromatic carbocycles. The third-order valence-electron chi connectivity index (χ3n) is 5.56. The highest BCUT2D eigenvalue weighted by Gasteiger charge is 2.15. The van der Waals surface area contributed by atoms with Gasteiger partial charge in [-0.05, 0) is 67.6 Å². The second-order valence-corrected chi connectivity index (χ2v) is 7.82. The molecule has 0 aliphatic carbocycles. The van der Waals surface area contributed by atoms with Crippen molar-refractivity contribution in [3.63, 3.8) is 0 Å². The molecule has 1 aliphatic heterocycles. The molecule has 1 aliphatic rings. The van der Waals surface area contributed by atoms with Crippen LogP contribution in [-0.2, 0) is 6.42 Å². The van der Waals surface area contributed by atoms with Crippen molar-refractivity contribution in [2.45, 2.75) is 47.0 Å². The van der Waals surface area contributed by atoms with Gasteiger partial charge < -0.3 is 10.2 Å². The molecule has 4 nitrogen and oxygen atoms in total. The Hall–Kier alpha value is -2.46. The summed E-state index contributed by atoms with van der Waals surface area (Å²) in [7, 11) is 0. The molecule has 1 heterocycles. The summed E-state index contributed by atoms with van der Waals surface area (Å²) in [5, 5.41) is 3.39. The highest BCUT2D eigenvalue weighted by atomic mass is 16.1. The second kappa shape index (κ2) is 9.84. The van der Waals surface area contributed by atoms with Gasteiger partial charge in [-0.1, -0.05) is 26.0 Å². The van der Waals surface area contributed by atoms with Crippen LogP contribution in [-0.4, -0.2) is 37.7 Å². The molecule has 3 rings (SSSR count). The summed E-state index contributed by atoms with van der Waals surface area (Å²) in [5.41, 5.74) is 7.28. The van der Waals surface area contributed by atoms with E-state index in [1.807, 2.05) is 19.9 Å². The van der Waals surface area contributed by atoms with Gasteiger partial charge in [-0.3, -0.25) is 9.79 Å².